The monoisotopic (exact) mass is 229 g/mol. The van der Waals surface area contributed by atoms with Gasteiger partial charge in [0.25, 0.3) is 0 Å². The third kappa shape index (κ3) is 8.12. The second kappa shape index (κ2) is 10.1. The SMILES string of the molecule is CCCNC(CCCC(C)C)C(C)OCC. The van der Waals surface area contributed by atoms with E-state index in [1.807, 2.05) is 0 Å². The van der Waals surface area contributed by atoms with E-state index >= 15 is 0 Å². The molecule has 1 N–H and O–H groups in total. The largest absolute Gasteiger partial charge is 0.377 e. The fourth-order valence-electron chi connectivity index (χ4n) is 1.96. The van der Waals surface area contributed by atoms with Crippen molar-refractivity contribution in [3.63, 3.8) is 0 Å². The molecule has 0 saturated carbocycles. The van der Waals surface area contributed by atoms with Crippen LogP contribution in [0.4, 0.5) is 0 Å². The van der Waals surface area contributed by atoms with Crippen molar-refractivity contribution in [2.75, 3.05) is 13.2 Å². The summed E-state index contributed by atoms with van der Waals surface area (Å²) in [5, 5.41) is 3.60. The average Bonchev–Trinajstić information content (AvgIpc) is 2.22. The van der Waals surface area contributed by atoms with E-state index in [4.69, 9.17) is 4.74 Å². The highest BCUT2D eigenvalue weighted by molar-refractivity contribution is 4.74. The minimum Gasteiger partial charge on any atom is -0.377 e. The van der Waals surface area contributed by atoms with E-state index in [2.05, 4.69) is 39.9 Å². The second-order valence-corrected chi connectivity index (χ2v) is 5.05. The van der Waals surface area contributed by atoms with Gasteiger partial charge in [-0.25, -0.2) is 0 Å². The highest BCUT2D eigenvalue weighted by Crippen LogP contribution is 2.12. The molecule has 0 aliphatic heterocycles. The van der Waals surface area contributed by atoms with Gasteiger partial charge >= 0.3 is 0 Å². The molecule has 0 aliphatic carbocycles. The minimum absolute atomic E-state index is 0.337. The van der Waals surface area contributed by atoms with E-state index in [1.165, 1.54) is 25.7 Å². The van der Waals surface area contributed by atoms with E-state index in [0.29, 0.717) is 12.1 Å². The molecule has 2 heteroatoms. The molecule has 0 aromatic heterocycles. The Kier molecular flexibility index (Phi) is 10.0. The molecule has 0 radical (unpaired) electrons. The summed E-state index contributed by atoms with van der Waals surface area (Å²) < 4.78 is 5.70. The standard InChI is InChI=1S/C14H31NO/c1-6-11-15-14(13(5)16-7-2)10-8-9-12(3)4/h12-15H,6-11H2,1-5H3. The van der Waals surface area contributed by atoms with Crippen LogP contribution in [0.25, 0.3) is 0 Å². The van der Waals surface area contributed by atoms with Crippen molar-refractivity contribution in [2.24, 2.45) is 5.92 Å². The molecule has 0 heterocycles. The Morgan fingerprint density at radius 3 is 2.25 bits per heavy atom. The fourth-order valence-corrected chi connectivity index (χ4v) is 1.96. The highest BCUT2D eigenvalue weighted by Gasteiger charge is 2.16. The third-order valence-electron chi connectivity index (χ3n) is 2.95. The summed E-state index contributed by atoms with van der Waals surface area (Å²) in [7, 11) is 0. The molecule has 0 bridgehead atoms. The lowest BCUT2D eigenvalue weighted by molar-refractivity contribution is 0.0443. The van der Waals surface area contributed by atoms with Crippen molar-refractivity contribution in [1.82, 2.24) is 5.32 Å². The van der Waals surface area contributed by atoms with Crippen molar-refractivity contribution >= 4 is 0 Å². The highest BCUT2D eigenvalue weighted by atomic mass is 16.5. The number of hydrogen-bond acceptors (Lipinski definition) is 2. The van der Waals surface area contributed by atoms with Crippen LogP contribution >= 0.6 is 0 Å². The van der Waals surface area contributed by atoms with Gasteiger partial charge in [-0.1, -0.05) is 33.6 Å². The maximum absolute atomic E-state index is 5.70. The van der Waals surface area contributed by atoms with Crippen LogP contribution in [0.5, 0.6) is 0 Å². The van der Waals surface area contributed by atoms with Crippen LogP contribution in [0.15, 0.2) is 0 Å². The molecule has 0 aromatic carbocycles. The van der Waals surface area contributed by atoms with Gasteiger partial charge in [-0.05, 0) is 39.2 Å². The summed E-state index contributed by atoms with van der Waals surface area (Å²) in [5.74, 6) is 0.814. The van der Waals surface area contributed by atoms with Gasteiger partial charge in [0.2, 0.25) is 0 Å². The van der Waals surface area contributed by atoms with Crippen molar-refractivity contribution in [3.8, 4) is 0 Å². The van der Waals surface area contributed by atoms with E-state index in [0.717, 1.165) is 19.1 Å². The smallest absolute Gasteiger partial charge is 0.0699 e. The lowest BCUT2D eigenvalue weighted by Crippen LogP contribution is -2.40. The van der Waals surface area contributed by atoms with Crippen LogP contribution in [0.1, 0.15) is 60.3 Å². The summed E-state index contributed by atoms with van der Waals surface area (Å²) in [6, 6.07) is 0.527. The zero-order valence-electron chi connectivity index (χ0n) is 11.9. The summed E-state index contributed by atoms with van der Waals surface area (Å²) in [4.78, 5) is 0. The van der Waals surface area contributed by atoms with Crippen LogP contribution in [-0.2, 0) is 4.74 Å². The molecule has 0 rings (SSSR count). The summed E-state index contributed by atoms with van der Waals surface area (Å²) in [6.07, 6.45) is 5.39. The van der Waals surface area contributed by atoms with Gasteiger partial charge in [0.1, 0.15) is 0 Å². The van der Waals surface area contributed by atoms with Crippen molar-refractivity contribution < 1.29 is 4.74 Å². The summed E-state index contributed by atoms with van der Waals surface area (Å²) in [6.45, 7) is 13.0. The Labute approximate surface area is 102 Å². The van der Waals surface area contributed by atoms with Crippen LogP contribution < -0.4 is 5.32 Å². The zero-order chi connectivity index (χ0) is 12.4. The molecule has 2 unspecified atom stereocenters. The first-order valence-corrected chi connectivity index (χ1v) is 6.96. The van der Waals surface area contributed by atoms with Crippen molar-refractivity contribution in [2.45, 2.75) is 72.4 Å². The van der Waals surface area contributed by atoms with E-state index in [-0.39, 0.29) is 0 Å². The Bertz CT molecular complexity index is 148. The molecule has 2 nitrogen and oxygen atoms in total. The molecule has 16 heavy (non-hydrogen) atoms. The predicted molar refractivity (Wildman–Crippen MR) is 71.9 cm³/mol. The molecule has 0 aliphatic rings. The van der Waals surface area contributed by atoms with Crippen LogP contribution in [-0.4, -0.2) is 25.3 Å². The van der Waals surface area contributed by atoms with Crippen LogP contribution in [0.3, 0.4) is 0 Å². The van der Waals surface area contributed by atoms with E-state index in [9.17, 15) is 0 Å². The van der Waals surface area contributed by atoms with Crippen molar-refractivity contribution in [1.29, 1.82) is 0 Å². The Morgan fingerprint density at radius 1 is 1.06 bits per heavy atom. The lowest BCUT2D eigenvalue weighted by Gasteiger charge is -2.25. The summed E-state index contributed by atoms with van der Waals surface area (Å²) >= 11 is 0. The molecule has 0 aromatic rings. The van der Waals surface area contributed by atoms with E-state index in [1.54, 1.807) is 0 Å². The van der Waals surface area contributed by atoms with Crippen LogP contribution in [0, 0.1) is 5.92 Å². The van der Waals surface area contributed by atoms with Gasteiger partial charge in [-0.2, -0.15) is 0 Å². The molecule has 0 fully saturated rings. The molecule has 0 saturated heterocycles. The quantitative estimate of drug-likeness (QED) is 0.618. The zero-order valence-corrected chi connectivity index (χ0v) is 11.9. The third-order valence-corrected chi connectivity index (χ3v) is 2.95. The maximum atomic E-state index is 5.70. The number of rotatable bonds is 10. The molecule has 2 atom stereocenters. The number of nitrogens with one attached hydrogen (secondary N) is 1. The lowest BCUT2D eigenvalue weighted by atomic mass is 10.0. The minimum atomic E-state index is 0.337. The molecular formula is C14H31NO. The van der Waals surface area contributed by atoms with Gasteiger partial charge in [-0.15, -0.1) is 0 Å². The van der Waals surface area contributed by atoms with Gasteiger partial charge < -0.3 is 10.1 Å². The molecule has 98 valence electrons. The van der Waals surface area contributed by atoms with E-state index < -0.39 is 0 Å². The molecular weight excluding hydrogens is 198 g/mol. The van der Waals surface area contributed by atoms with Crippen LogP contribution in [0.2, 0.25) is 0 Å². The predicted octanol–water partition coefficient (Wildman–Crippen LogP) is 3.61. The molecule has 0 amide bonds. The first kappa shape index (κ1) is 15.9. The number of ether oxygens (including phenoxy) is 1. The van der Waals surface area contributed by atoms with Gasteiger partial charge in [0.05, 0.1) is 6.10 Å². The van der Waals surface area contributed by atoms with Gasteiger partial charge in [0, 0.05) is 12.6 Å². The maximum Gasteiger partial charge on any atom is 0.0699 e. The fraction of sp³-hybridized carbons (Fsp3) is 1.00. The van der Waals surface area contributed by atoms with Crippen molar-refractivity contribution in [3.05, 3.63) is 0 Å². The second-order valence-electron chi connectivity index (χ2n) is 5.05. The summed E-state index contributed by atoms with van der Waals surface area (Å²) in [5.41, 5.74) is 0. The Morgan fingerprint density at radius 2 is 1.75 bits per heavy atom. The first-order valence-electron chi connectivity index (χ1n) is 6.96. The topological polar surface area (TPSA) is 21.3 Å². The normalized spacial score (nSPS) is 15.4. The molecule has 0 spiro atoms. The number of hydrogen-bond donors (Lipinski definition) is 1. The Balaban J connectivity index is 3.88. The first-order chi connectivity index (χ1) is 7.61. The average molecular weight is 229 g/mol. The Hall–Kier alpha value is -0.0800. The van der Waals surface area contributed by atoms with Gasteiger partial charge in [-0.3, -0.25) is 0 Å². The van der Waals surface area contributed by atoms with Gasteiger partial charge in [0.15, 0.2) is 0 Å².